The van der Waals surface area contributed by atoms with E-state index in [2.05, 4.69) is 17.9 Å². The fourth-order valence-electron chi connectivity index (χ4n) is 2.39. The third-order valence-corrected chi connectivity index (χ3v) is 4.13. The summed E-state index contributed by atoms with van der Waals surface area (Å²) in [6.07, 6.45) is 3.21. The molecule has 1 aliphatic heterocycles. The quantitative estimate of drug-likeness (QED) is 0.673. The number of carboxylic acid groups (broad SMARTS) is 1. The molecule has 0 bridgehead atoms. The van der Waals surface area contributed by atoms with Crippen molar-refractivity contribution < 1.29 is 9.90 Å². The Bertz CT molecular complexity index is 511. The van der Waals surface area contributed by atoms with Crippen LogP contribution in [0.15, 0.2) is 34.7 Å². The number of hydrogen-bond donors (Lipinski definition) is 1. The van der Waals surface area contributed by atoms with E-state index in [1.165, 1.54) is 5.57 Å². The van der Waals surface area contributed by atoms with Gasteiger partial charge in [-0.3, -0.25) is 0 Å². The van der Waals surface area contributed by atoms with E-state index < -0.39 is 5.97 Å². The molecule has 0 saturated heterocycles. The third-order valence-electron chi connectivity index (χ3n) is 3.19. The zero-order valence-corrected chi connectivity index (χ0v) is 12.2. The van der Waals surface area contributed by atoms with Gasteiger partial charge in [0.1, 0.15) is 0 Å². The van der Waals surface area contributed by atoms with Crippen LogP contribution in [0.2, 0.25) is 0 Å². The summed E-state index contributed by atoms with van der Waals surface area (Å²) < 4.78 is 0. The first kappa shape index (κ1) is 14.0. The monoisotopic (exact) mass is 277 g/mol. The lowest BCUT2D eigenvalue weighted by atomic mass is 10.1. The summed E-state index contributed by atoms with van der Waals surface area (Å²) in [7, 11) is 0. The number of carboxylic acids is 1. The zero-order valence-electron chi connectivity index (χ0n) is 11.3. The highest BCUT2D eigenvalue weighted by molar-refractivity contribution is 7.99. The standard InChI is InChI=1S/C15H19NO2S/c1-3-19-13-8-4-7-12(14(13)15(17)18)16-9-5-6-11(2)10-16/h4,6-8H,3,5,9-10H2,1-2H3,(H,17,18). The highest BCUT2D eigenvalue weighted by Crippen LogP contribution is 2.32. The first-order valence-electron chi connectivity index (χ1n) is 6.53. The first-order chi connectivity index (χ1) is 9.13. The molecule has 0 aliphatic carbocycles. The summed E-state index contributed by atoms with van der Waals surface area (Å²) in [6.45, 7) is 5.84. The Labute approximate surface area is 118 Å². The molecule has 0 amide bonds. The molecule has 1 aliphatic rings. The summed E-state index contributed by atoms with van der Waals surface area (Å²) in [4.78, 5) is 14.6. The maximum absolute atomic E-state index is 11.6. The highest BCUT2D eigenvalue weighted by Gasteiger charge is 2.21. The van der Waals surface area contributed by atoms with Crippen molar-refractivity contribution in [1.82, 2.24) is 0 Å². The average molecular weight is 277 g/mol. The molecule has 2 rings (SSSR count). The maximum atomic E-state index is 11.6. The molecule has 0 radical (unpaired) electrons. The van der Waals surface area contributed by atoms with Gasteiger partial charge in [-0.25, -0.2) is 4.79 Å². The second kappa shape index (κ2) is 6.15. The molecular weight excluding hydrogens is 258 g/mol. The van der Waals surface area contributed by atoms with E-state index >= 15 is 0 Å². The summed E-state index contributed by atoms with van der Waals surface area (Å²) >= 11 is 1.59. The van der Waals surface area contributed by atoms with Crippen molar-refractivity contribution >= 4 is 23.4 Å². The number of aromatic carboxylic acids is 1. The molecule has 1 heterocycles. The molecule has 0 aromatic heterocycles. The molecule has 3 nitrogen and oxygen atoms in total. The van der Waals surface area contributed by atoms with Gasteiger partial charge in [-0.05, 0) is 31.2 Å². The Morgan fingerprint density at radius 3 is 2.89 bits per heavy atom. The molecule has 0 atom stereocenters. The van der Waals surface area contributed by atoms with Crippen molar-refractivity contribution in [2.24, 2.45) is 0 Å². The van der Waals surface area contributed by atoms with Crippen LogP contribution >= 0.6 is 11.8 Å². The number of benzene rings is 1. The topological polar surface area (TPSA) is 40.5 Å². The van der Waals surface area contributed by atoms with Crippen LogP contribution in [0.25, 0.3) is 0 Å². The summed E-state index contributed by atoms with van der Waals surface area (Å²) in [5, 5.41) is 9.52. The zero-order chi connectivity index (χ0) is 13.8. The van der Waals surface area contributed by atoms with Crippen LogP contribution in [0, 0.1) is 0 Å². The van der Waals surface area contributed by atoms with Crippen LogP contribution in [0.1, 0.15) is 30.6 Å². The van der Waals surface area contributed by atoms with Gasteiger partial charge >= 0.3 is 5.97 Å². The molecule has 0 spiro atoms. The van der Waals surface area contributed by atoms with Crippen molar-refractivity contribution in [1.29, 1.82) is 0 Å². The molecule has 0 fully saturated rings. The lowest BCUT2D eigenvalue weighted by molar-refractivity contribution is 0.0694. The van der Waals surface area contributed by atoms with Crippen LogP contribution in [0.3, 0.4) is 0 Å². The van der Waals surface area contributed by atoms with Gasteiger partial charge in [0, 0.05) is 18.0 Å². The number of nitrogens with zero attached hydrogens (tertiary/aromatic N) is 1. The molecule has 1 aromatic carbocycles. The smallest absolute Gasteiger partial charge is 0.338 e. The predicted octanol–water partition coefficient (Wildman–Crippen LogP) is 3.65. The SMILES string of the molecule is CCSc1cccc(N2CCC=C(C)C2)c1C(=O)O. The van der Waals surface area contributed by atoms with Crippen LogP contribution < -0.4 is 4.90 Å². The molecule has 4 heteroatoms. The lowest BCUT2D eigenvalue weighted by Gasteiger charge is -2.30. The Hall–Kier alpha value is -1.42. The minimum Gasteiger partial charge on any atom is -0.478 e. The average Bonchev–Trinajstić information content (AvgIpc) is 2.38. The molecule has 1 N–H and O–H groups in total. The second-order valence-corrected chi connectivity index (χ2v) is 5.95. The van der Waals surface area contributed by atoms with Gasteiger partial charge in [0.25, 0.3) is 0 Å². The Balaban J connectivity index is 2.41. The third kappa shape index (κ3) is 3.13. The normalized spacial score (nSPS) is 15.3. The van der Waals surface area contributed by atoms with Crippen LogP contribution in [0.5, 0.6) is 0 Å². The molecule has 1 aromatic rings. The van der Waals surface area contributed by atoms with E-state index in [4.69, 9.17) is 0 Å². The van der Waals surface area contributed by atoms with Crippen LogP contribution in [-0.4, -0.2) is 29.9 Å². The molecule has 0 unspecified atom stereocenters. The van der Waals surface area contributed by atoms with E-state index in [0.29, 0.717) is 5.56 Å². The summed E-state index contributed by atoms with van der Waals surface area (Å²) in [6, 6.07) is 5.77. The van der Waals surface area contributed by atoms with E-state index in [1.807, 2.05) is 25.1 Å². The fraction of sp³-hybridized carbons (Fsp3) is 0.400. The minimum absolute atomic E-state index is 0.448. The van der Waals surface area contributed by atoms with E-state index in [0.717, 1.165) is 35.8 Å². The van der Waals surface area contributed by atoms with Crippen molar-refractivity contribution in [3.05, 3.63) is 35.4 Å². The Morgan fingerprint density at radius 2 is 2.26 bits per heavy atom. The van der Waals surface area contributed by atoms with Gasteiger partial charge in [-0.1, -0.05) is 24.6 Å². The number of hydrogen-bond acceptors (Lipinski definition) is 3. The molecule has 19 heavy (non-hydrogen) atoms. The summed E-state index contributed by atoms with van der Waals surface area (Å²) in [5.41, 5.74) is 2.60. The number of rotatable bonds is 4. The summed E-state index contributed by atoms with van der Waals surface area (Å²) in [5.74, 6) is 0.0432. The van der Waals surface area contributed by atoms with Gasteiger partial charge in [0.15, 0.2) is 0 Å². The second-order valence-electron chi connectivity index (χ2n) is 4.65. The predicted molar refractivity (Wildman–Crippen MR) is 80.4 cm³/mol. The Kier molecular flexibility index (Phi) is 4.53. The van der Waals surface area contributed by atoms with Gasteiger partial charge < -0.3 is 10.0 Å². The van der Waals surface area contributed by atoms with Crippen LogP contribution in [-0.2, 0) is 0 Å². The van der Waals surface area contributed by atoms with Gasteiger partial charge in [-0.2, -0.15) is 0 Å². The van der Waals surface area contributed by atoms with Crippen molar-refractivity contribution in [2.75, 3.05) is 23.7 Å². The van der Waals surface area contributed by atoms with Crippen LogP contribution in [0.4, 0.5) is 5.69 Å². The van der Waals surface area contributed by atoms with E-state index in [9.17, 15) is 9.90 Å². The van der Waals surface area contributed by atoms with Gasteiger partial charge in [0.05, 0.1) is 11.3 Å². The lowest BCUT2D eigenvalue weighted by Crippen LogP contribution is -2.30. The number of anilines is 1. The highest BCUT2D eigenvalue weighted by atomic mass is 32.2. The fourth-order valence-corrected chi connectivity index (χ4v) is 3.21. The van der Waals surface area contributed by atoms with Gasteiger partial charge in [-0.15, -0.1) is 11.8 Å². The molecule has 102 valence electrons. The van der Waals surface area contributed by atoms with E-state index in [-0.39, 0.29) is 0 Å². The first-order valence-corrected chi connectivity index (χ1v) is 7.51. The minimum atomic E-state index is -0.834. The number of carbonyl (C=O) groups is 1. The van der Waals surface area contributed by atoms with Crippen molar-refractivity contribution in [3.63, 3.8) is 0 Å². The van der Waals surface area contributed by atoms with Crippen molar-refractivity contribution in [2.45, 2.75) is 25.2 Å². The van der Waals surface area contributed by atoms with E-state index in [1.54, 1.807) is 11.8 Å². The maximum Gasteiger partial charge on any atom is 0.338 e. The van der Waals surface area contributed by atoms with Gasteiger partial charge in [0.2, 0.25) is 0 Å². The molecule has 0 saturated carbocycles. The number of thioether (sulfide) groups is 1. The Morgan fingerprint density at radius 1 is 1.47 bits per heavy atom. The van der Waals surface area contributed by atoms with Crippen molar-refractivity contribution in [3.8, 4) is 0 Å². The largest absolute Gasteiger partial charge is 0.478 e. The molecular formula is C15H19NO2S.